The number of nitrogens with two attached hydrogens (primary N) is 1. The van der Waals surface area contributed by atoms with E-state index in [0.29, 0.717) is 18.1 Å². The second-order valence-electron chi connectivity index (χ2n) is 4.78. The van der Waals surface area contributed by atoms with Crippen molar-refractivity contribution in [3.63, 3.8) is 0 Å². The third kappa shape index (κ3) is 2.16. The van der Waals surface area contributed by atoms with Crippen molar-refractivity contribution in [1.82, 2.24) is 14.4 Å². The maximum Gasteiger partial charge on any atom is 0.272 e. The lowest BCUT2D eigenvalue weighted by atomic mass is 10.3. The summed E-state index contributed by atoms with van der Waals surface area (Å²) in [6.07, 6.45) is 1.94. The van der Waals surface area contributed by atoms with Crippen LogP contribution in [0.3, 0.4) is 0 Å². The minimum atomic E-state index is 0.606. The maximum absolute atomic E-state index is 5.96. The van der Waals surface area contributed by atoms with Crippen molar-refractivity contribution in [3.8, 4) is 0 Å². The number of rotatable bonds is 2. The molecule has 0 atom stereocenters. The Morgan fingerprint density at radius 1 is 1.30 bits per heavy atom. The number of nitrogens with zero attached hydrogens (tertiary/aromatic N) is 4. The molecule has 6 heteroatoms. The van der Waals surface area contributed by atoms with Crippen LogP contribution in [0.5, 0.6) is 0 Å². The quantitative estimate of drug-likeness (QED) is 0.730. The highest BCUT2D eigenvalue weighted by atomic mass is 79.9. The smallest absolute Gasteiger partial charge is 0.272 e. The van der Waals surface area contributed by atoms with Gasteiger partial charge in [0, 0.05) is 17.5 Å². The lowest BCUT2D eigenvalue weighted by Crippen LogP contribution is -2.37. The molecular formula is C14H15BrN5+. The van der Waals surface area contributed by atoms with Gasteiger partial charge in [-0.1, -0.05) is 6.07 Å². The van der Waals surface area contributed by atoms with Gasteiger partial charge in [0.05, 0.1) is 6.20 Å². The number of aryl methyl sites for hydroxylation is 2. The number of nitrogen functional groups attached to an aromatic ring is 1. The van der Waals surface area contributed by atoms with E-state index in [4.69, 9.17) is 5.73 Å². The van der Waals surface area contributed by atoms with Crippen LogP contribution >= 0.6 is 15.9 Å². The van der Waals surface area contributed by atoms with Crippen LogP contribution in [0.15, 0.2) is 35.1 Å². The van der Waals surface area contributed by atoms with Crippen LogP contribution in [-0.2, 0) is 6.54 Å². The Bertz CT molecular complexity index is 794. The van der Waals surface area contributed by atoms with Crippen molar-refractivity contribution < 1.29 is 4.57 Å². The van der Waals surface area contributed by atoms with Gasteiger partial charge in [-0.05, 0) is 41.9 Å². The molecule has 0 saturated heterocycles. The molecule has 0 spiro atoms. The van der Waals surface area contributed by atoms with E-state index in [0.717, 1.165) is 21.7 Å². The van der Waals surface area contributed by atoms with Crippen molar-refractivity contribution in [2.24, 2.45) is 0 Å². The van der Waals surface area contributed by atoms with Gasteiger partial charge in [0.25, 0.3) is 5.82 Å². The van der Waals surface area contributed by atoms with Crippen LogP contribution < -0.4 is 10.3 Å². The molecule has 0 aliphatic rings. The van der Waals surface area contributed by atoms with Crippen LogP contribution in [0, 0.1) is 13.8 Å². The Labute approximate surface area is 125 Å². The van der Waals surface area contributed by atoms with Crippen LogP contribution in [0.1, 0.15) is 17.1 Å². The number of imidazole rings is 1. The highest BCUT2D eigenvalue weighted by Crippen LogP contribution is 2.20. The van der Waals surface area contributed by atoms with Gasteiger partial charge >= 0.3 is 0 Å². The average molecular weight is 333 g/mol. The minimum absolute atomic E-state index is 0.606. The molecule has 3 aromatic rings. The second kappa shape index (κ2) is 4.86. The largest absolute Gasteiger partial charge is 0.287 e. The van der Waals surface area contributed by atoms with E-state index in [-0.39, 0.29) is 0 Å². The molecule has 0 saturated carbocycles. The summed E-state index contributed by atoms with van der Waals surface area (Å²) in [6, 6.07) is 7.78. The fourth-order valence-electron chi connectivity index (χ4n) is 2.27. The summed E-state index contributed by atoms with van der Waals surface area (Å²) < 4.78 is 4.88. The van der Waals surface area contributed by atoms with E-state index in [2.05, 4.69) is 25.9 Å². The number of hydrogen-bond donors (Lipinski definition) is 1. The summed E-state index contributed by atoms with van der Waals surface area (Å²) in [4.78, 5) is 9.06. The molecular weight excluding hydrogens is 318 g/mol. The predicted octanol–water partition coefficient (Wildman–Crippen LogP) is 2.03. The molecule has 20 heavy (non-hydrogen) atoms. The Hall–Kier alpha value is -1.95. The molecule has 0 aromatic carbocycles. The molecule has 102 valence electrons. The van der Waals surface area contributed by atoms with Gasteiger partial charge in [-0.3, -0.25) is 10.1 Å². The molecule has 5 nitrogen and oxygen atoms in total. The van der Waals surface area contributed by atoms with Crippen molar-refractivity contribution >= 4 is 27.5 Å². The molecule has 0 fully saturated rings. The maximum atomic E-state index is 5.96. The lowest BCUT2D eigenvalue weighted by molar-refractivity contribution is -0.674. The van der Waals surface area contributed by atoms with Crippen LogP contribution in [-0.4, -0.2) is 14.4 Å². The summed E-state index contributed by atoms with van der Waals surface area (Å²) in [6.45, 7) is 4.62. The normalized spacial score (nSPS) is 11.2. The standard InChI is InChI=1S/C14H14BrN5/c1-9-7-10(2)20-13(15)11(18-14(20)17-9)8-19-6-4-3-5-12(19)16/h3-7,16H,8H2,1-2H3/p+1. The first kappa shape index (κ1) is 13.1. The van der Waals surface area contributed by atoms with Crippen molar-refractivity contribution in [2.45, 2.75) is 20.4 Å². The molecule has 0 radical (unpaired) electrons. The lowest BCUT2D eigenvalue weighted by Gasteiger charge is -2.02. The topological polar surface area (TPSA) is 60.1 Å². The SMILES string of the molecule is Cc1cc(C)n2c(Br)c(C[n+]3ccccc3N)nc2n1. The van der Waals surface area contributed by atoms with Gasteiger partial charge in [0.15, 0.2) is 0 Å². The molecule has 3 aromatic heterocycles. The molecule has 0 amide bonds. The van der Waals surface area contributed by atoms with Gasteiger partial charge in [-0.25, -0.2) is 14.5 Å². The van der Waals surface area contributed by atoms with Gasteiger partial charge in [0.1, 0.15) is 16.8 Å². The van der Waals surface area contributed by atoms with Gasteiger partial charge < -0.3 is 0 Å². The number of halogens is 1. The fourth-order valence-corrected chi connectivity index (χ4v) is 2.93. The number of fused-ring (bicyclic) bond motifs is 1. The Morgan fingerprint density at radius 3 is 2.85 bits per heavy atom. The summed E-state index contributed by atoms with van der Waals surface area (Å²) in [7, 11) is 0. The van der Waals surface area contributed by atoms with E-state index >= 15 is 0 Å². The van der Waals surface area contributed by atoms with Gasteiger partial charge in [0.2, 0.25) is 5.78 Å². The zero-order valence-electron chi connectivity index (χ0n) is 11.3. The Kier molecular flexibility index (Phi) is 3.17. The molecule has 3 rings (SSSR count). The zero-order chi connectivity index (χ0) is 14.3. The highest BCUT2D eigenvalue weighted by molar-refractivity contribution is 9.10. The summed E-state index contributed by atoms with van der Waals surface area (Å²) in [5, 5.41) is 0. The monoisotopic (exact) mass is 332 g/mol. The molecule has 0 aliphatic carbocycles. The molecule has 0 aliphatic heterocycles. The predicted molar refractivity (Wildman–Crippen MR) is 80.3 cm³/mol. The third-order valence-electron chi connectivity index (χ3n) is 3.21. The van der Waals surface area contributed by atoms with Crippen molar-refractivity contribution in [3.05, 3.63) is 52.1 Å². The van der Waals surface area contributed by atoms with E-state index in [9.17, 15) is 0 Å². The van der Waals surface area contributed by atoms with Gasteiger partial charge in [-0.15, -0.1) is 0 Å². The van der Waals surface area contributed by atoms with Crippen molar-refractivity contribution in [2.75, 3.05) is 5.73 Å². The van der Waals surface area contributed by atoms with Crippen LogP contribution in [0.25, 0.3) is 5.78 Å². The highest BCUT2D eigenvalue weighted by Gasteiger charge is 2.16. The van der Waals surface area contributed by atoms with Gasteiger partial charge in [-0.2, -0.15) is 0 Å². The van der Waals surface area contributed by atoms with Crippen LogP contribution in [0.4, 0.5) is 5.82 Å². The summed E-state index contributed by atoms with van der Waals surface area (Å²) in [5.74, 6) is 1.41. The Morgan fingerprint density at radius 2 is 2.10 bits per heavy atom. The third-order valence-corrected chi connectivity index (χ3v) is 4.02. The molecule has 2 N–H and O–H groups in total. The first-order valence-corrected chi connectivity index (χ1v) is 7.10. The van der Waals surface area contributed by atoms with Crippen molar-refractivity contribution in [1.29, 1.82) is 0 Å². The molecule has 0 bridgehead atoms. The molecule has 0 unspecified atom stereocenters. The zero-order valence-corrected chi connectivity index (χ0v) is 12.9. The van der Waals surface area contributed by atoms with E-state index in [1.54, 1.807) is 0 Å². The minimum Gasteiger partial charge on any atom is -0.287 e. The van der Waals surface area contributed by atoms with E-state index < -0.39 is 0 Å². The summed E-state index contributed by atoms with van der Waals surface area (Å²) in [5.41, 5.74) is 8.94. The fraction of sp³-hybridized carbons (Fsp3) is 0.214. The van der Waals surface area contributed by atoms with E-state index in [1.807, 2.05) is 53.3 Å². The molecule has 3 heterocycles. The first-order valence-electron chi connectivity index (χ1n) is 6.31. The average Bonchev–Trinajstić information content (AvgIpc) is 2.69. The number of anilines is 1. The van der Waals surface area contributed by atoms with E-state index in [1.165, 1.54) is 0 Å². The first-order chi connectivity index (χ1) is 9.56. The number of pyridine rings is 1. The second-order valence-corrected chi connectivity index (χ2v) is 5.53. The Balaban J connectivity index is 2.11. The number of hydrogen-bond acceptors (Lipinski definition) is 3. The summed E-state index contributed by atoms with van der Waals surface area (Å²) >= 11 is 3.62. The number of aromatic nitrogens is 4. The van der Waals surface area contributed by atoms with Crippen LogP contribution in [0.2, 0.25) is 0 Å².